The Kier molecular flexibility index (Phi) is 9.84. The van der Waals surface area contributed by atoms with Gasteiger partial charge in [0.15, 0.2) is 0 Å². The van der Waals surface area contributed by atoms with Crippen LogP contribution in [0.5, 0.6) is 11.5 Å². The van der Waals surface area contributed by atoms with Gasteiger partial charge >= 0.3 is 6.18 Å². The number of carbonyl (C=O) groups excluding carboxylic acids is 1. The van der Waals surface area contributed by atoms with Crippen molar-refractivity contribution in [3.63, 3.8) is 0 Å². The number of ether oxygens (including phenoxy) is 2. The zero-order valence-electron chi connectivity index (χ0n) is 22.9. The number of anilines is 2. The summed E-state index contributed by atoms with van der Waals surface area (Å²) in [6.07, 6.45) is -2.17. The molecule has 1 amide bonds. The number of nitrogens with one attached hydrogen (secondary N) is 3. The van der Waals surface area contributed by atoms with E-state index in [1.165, 1.54) is 38.6 Å². The Morgan fingerprint density at radius 3 is 2.47 bits per heavy atom. The van der Waals surface area contributed by atoms with Crippen LogP contribution >= 0.6 is 11.6 Å². The molecular formula is C28H27ClF3N5O5S. The van der Waals surface area contributed by atoms with Crippen molar-refractivity contribution >= 4 is 38.9 Å². The first kappa shape index (κ1) is 31.7. The van der Waals surface area contributed by atoms with E-state index in [0.29, 0.717) is 27.6 Å². The van der Waals surface area contributed by atoms with E-state index in [4.69, 9.17) is 21.1 Å². The molecule has 43 heavy (non-hydrogen) atoms. The van der Waals surface area contributed by atoms with Gasteiger partial charge in [-0.1, -0.05) is 35.9 Å². The number of carbonyl (C=O) groups is 1. The molecule has 228 valence electrons. The molecule has 0 aliphatic rings. The average Bonchev–Trinajstić information content (AvgIpc) is 3.45. The van der Waals surface area contributed by atoms with Crippen molar-refractivity contribution in [2.45, 2.75) is 24.0 Å². The van der Waals surface area contributed by atoms with Gasteiger partial charge in [-0.25, -0.2) is 17.8 Å². The van der Waals surface area contributed by atoms with Crippen LogP contribution in [0.1, 0.15) is 11.1 Å². The summed E-state index contributed by atoms with van der Waals surface area (Å²) >= 11 is 6.16. The zero-order valence-corrected chi connectivity index (χ0v) is 24.5. The highest BCUT2D eigenvalue weighted by molar-refractivity contribution is 7.89. The summed E-state index contributed by atoms with van der Waals surface area (Å²) in [5, 5.41) is 9.31. The molecule has 0 atom stereocenters. The van der Waals surface area contributed by atoms with Crippen LogP contribution in [0.15, 0.2) is 78.0 Å². The van der Waals surface area contributed by atoms with E-state index in [1.807, 2.05) is 0 Å². The molecule has 0 spiro atoms. The van der Waals surface area contributed by atoms with Gasteiger partial charge in [0, 0.05) is 28.9 Å². The Balaban J connectivity index is 1.65. The summed E-state index contributed by atoms with van der Waals surface area (Å²) in [6, 6.07) is 15.8. The van der Waals surface area contributed by atoms with Crippen LogP contribution in [-0.4, -0.2) is 51.0 Å². The number of amides is 1. The summed E-state index contributed by atoms with van der Waals surface area (Å²) in [7, 11) is -1.38. The lowest BCUT2D eigenvalue weighted by Crippen LogP contribution is -2.25. The van der Waals surface area contributed by atoms with Crippen molar-refractivity contribution in [3.05, 3.63) is 89.2 Å². The summed E-state index contributed by atoms with van der Waals surface area (Å²) < 4.78 is 79.5. The predicted octanol–water partition coefficient (Wildman–Crippen LogP) is 5.18. The normalized spacial score (nSPS) is 11.7. The standard InChI is InChI=1S/C28H27ClF3N5O5S/c1-41-22-9-7-19(25(13-22)42-2)14-35-43(39,40)26-12-20(36-27(38)11-18-5-3-4-6-23(18)29)8-10-24(26)37-16-21(15-34-37)33-17-28(30,31)32/h3-10,12-13,15-16,33,35H,11,14,17H2,1-2H3,(H,36,38). The fourth-order valence-electron chi connectivity index (χ4n) is 4.01. The van der Waals surface area contributed by atoms with E-state index >= 15 is 0 Å². The molecule has 3 N–H and O–H groups in total. The van der Waals surface area contributed by atoms with Gasteiger partial charge in [-0.3, -0.25) is 4.79 Å². The minimum Gasteiger partial charge on any atom is -0.497 e. The summed E-state index contributed by atoms with van der Waals surface area (Å²) in [4.78, 5) is 12.5. The molecule has 3 aromatic carbocycles. The molecule has 15 heteroatoms. The van der Waals surface area contributed by atoms with Crippen LogP contribution in [0, 0.1) is 0 Å². The molecule has 0 bridgehead atoms. The van der Waals surface area contributed by atoms with E-state index in [9.17, 15) is 26.4 Å². The maximum atomic E-state index is 13.6. The minimum atomic E-state index is -4.47. The van der Waals surface area contributed by atoms with E-state index in [2.05, 4.69) is 20.5 Å². The second-order valence-electron chi connectivity index (χ2n) is 9.14. The molecule has 0 saturated heterocycles. The van der Waals surface area contributed by atoms with Gasteiger partial charge in [0.1, 0.15) is 22.9 Å². The van der Waals surface area contributed by atoms with E-state index < -0.39 is 28.7 Å². The average molecular weight is 638 g/mol. The number of aromatic nitrogens is 2. The lowest BCUT2D eigenvalue weighted by molar-refractivity contribution is -0.116. The highest BCUT2D eigenvalue weighted by atomic mass is 35.5. The highest BCUT2D eigenvalue weighted by Crippen LogP contribution is 2.28. The number of rotatable bonds is 12. The Morgan fingerprint density at radius 1 is 1.00 bits per heavy atom. The SMILES string of the molecule is COc1ccc(CNS(=O)(=O)c2cc(NC(=O)Cc3ccccc3Cl)ccc2-n2cc(NCC(F)(F)F)cn2)c(OC)c1. The molecule has 0 fully saturated rings. The summed E-state index contributed by atoms with van der Waals surface area (Å²) in [5.41, 5.74) is 1.30. The number of hydrogen-bond acceptors (Lipinski definition) is 7. The van der Waals surface area contributed by atoms with Crippen molar-refractivity contribution in [2.24, 2.45) is 0 Å². The second kappa shape index (κ2) is 13.4. The van der Waals surface area contributed by atoms with Crippen LogP contribution in [0.4, 0.5) is 24.5 Å². The molecule has 4 aromatic rings. The molecule has 0 radical (unpaired) electrons. The molecule has 1 aromatic heterocycles. The molecule has 1 heterocycles. The number of sulfonamides is 1. The lowest BCUT2D eigenvalue weighted by atomic mass is 10.1. The third kappa shape index (κ3) is 8.40. The van der Waals surface area contributed by atoms with Crippen molar-refractivity contribution < 1.29 is 35.9 Å². The first-order valence-corrected chi connectivity index (χ1v) is 14.5. The lowest BCUT2D eigenvalue weighted by Gasteiger charge is -2.15. The van der Waals surface area contributed by atoms with Gasteiger partial charge in [-0.05, 0) is 35.9 Å². The van der Waals surface area contributed by atoms with Crippen LogP contribution < -0.4 is 24.8 Å². The van der Waals surface area contributed by atoms with Crippen molar-refractivity contribution in [1.29, 1.82) is 0 Å². The zero-order chi connectivity index (χ0) is 31.2. The van der Waals surface area contributed by atoms with Crippen molar-refractivity contribution in [2.75, 3.05) is 31.4 Å². The maximum Gasteiger partial charge on any atom is 0.405 e. The number of benzene rings is 3. The molecule has 0 aliphatic heterocycles. The molecule has 0 unspecified atom stereocenters. The van der Waals surface area contributed by atoms with Gasteiger partial charge in [0.2, 0.25) is 15.9 Å². The Labute approximate surface area is 250 Å². The van der Waals surface area contributed by atoms with Crippen LogP contribution in [0.3, 0.4) is 0 Å². The number of nitrogens with zero attached hydrogens (tertiary/aromatic N) is 2. The van der Waals surface area contributed by atoms with Gasteiger partial charge in [-0.15, -0.1) is 0 Å². The fraction of sp³-hybridized carbons (Fsp3) is 0.214. The highest BCUT2D eigenvalue weighted by Gasteiger charge is 2.27. The van der Waals surface area contributed by atoms with Gasteiger partial charge in [0.05, 0.1) is 44.4 Å². The minimum absolute atomic E-state index is 0.0220. The molecule has 0 aliphatic carbocycles. The predicted molar refractivity (Wildman–Crippen MR) is 155 cm³/mol. The Hall–Kier alpha value is -4.27. The first-order chi connectivity index (χ1) is 20.4. The smallest absolute Gasteiger partial charge is 0.405 e. The molecule has 10 nitrogen and oxygen atoms in total. The maximum absolute atomic E-state index is 13.6. The van der Waals surface area contributed by atoms with Gasteiger partial charge in [-0.2, -0.15) is 18.3 Å². The largest absolute Gasteiger partial charge is 0.497 e. The monoisotopic (exact) mass is 637 g/mol. The first-order valence-electron chi connectivity index (χ1n) is 12.6. The van der Waals surface area contributed by atoms with Crippen LogP contribution in [-0.2, 0) is 27.8 Å². The number of halogens is 4. The molecule has 0 saturated carbocycles. The van der Waals surface area contributed by atoms with E-state index in [-0.39, 0.29) is 34.9 Å². The number of methoxy groups -OCH3 is 2. The summed E-state index contributed by atoms with van der Waals surface area (Å²) in [6.45, 7) is -1.47. The number of hydrogen-bond donors (Lipinski definition) is 3. The molecule has 4 rings (SSSR count). The second-order valence-corrected chi connectivity index (χ2v) is 11.3. The Morgan fingerprint density at radius 2 is 1.77 bits per heavy atom. The van der Waals surface area contributed by atoms with E-state index in [1.54, 1.807) is 42.5 Å². The van der Waals surface area contributed by atoms with Crippen molar-refractivity contribution in [3.8, 4) is 17.2 Å². The Bertz CT molecular complexity index is 1710. The number of alkyl halides is 3. The van der Waals surface area contributed by atoms with E-state index in [0.717, 1.165) is 10.9 Å². The third-order valence-electron chi connectivity index (χ3n) is 6.11. The molecular weight excluding hydrogens is 611 g/mol. The van der Waals surface area contributed by atoms with Crippen LogP contribution in [0.2, 0.25) is 5.02 Å². The van der Waals surface area contributed by atoms with Gasteiger partial charge < -0.3 is 20.1 Å². The van der Waals surface area contributed by atoms with Gasteiger partial charge in [0.25, 0.3) is 0 Å². The topological polar surface area (TPSA) is 124 Å². The van der Waals surface area contributed by atoms with Crippen molar-refractivity contribution in [1.82, 2.24) is 14.5 Å². The quantitative estimate of drug-likeness (QED) is 0.196. The van der Waals surface area contributed by atoms with Crippen LogP contribution in [0.25, 0.3) is 5.69 Å². The fourth-order valence-corrected chi connectivity index (χ4v) is 5.44. The third-order valence-corrected chi connectivity index (χ3v) is 7.91. The summed E-state index contributed by atoms with van der Waals surface area (Å²) in [5.74, 6) is 0.452.